The van der Waals surface area contributed by atoms with Crippen molar-refractivity contribution in [1.29, 1.82) is 0 Å². The Kier molecular flexibility index (Phi) is 2.90. The van der Waals surface area contributed by atoms with Crippen LogP contribution in [0.5, 0.6) is 5.75 Å². The first kappa shape index (κ1) is 10.0. The highest BCUT2D eigenvalue weighted by molar-refractivity contribution is 5.89. The van der Waals surface area contributed by atoms with Crippen LogP contribution in [0.3, 0.4) is 0 Å². The van der Waals surface area contributed by atoms with E-state index in [4.69, 9.17) is 10.5 Å². The van der Waals surface area contributed by atoms with E-state index in [9.17, 15) is 0 Å². The number of rotatable bonds is 3. The Balaban J connectivity index is 2.20. The number of nitrogens with two attached hydrogens (primary N) is 1. The van der Waals surface area contributed by atoms with Crippen molar-refractivity contribution in [2.45, 2.75) is 19.3 Å². The molecule has 1 aliphatic rings. The Labute approximate surface area is 90.0 Å². The molecule has 1 aromatic rings. The Morgan fingerprint density at radius 2 is 2.33 bits per heavy atom. The number of benzene rings is 1. The molecule has 0 amide bonds. The summed E-state index contributed by atoms with van der Waals surface area (Å²) in [5.74, 6) is 1.78. The van der Waals surface area contributed by atoms with E-state index < -0.39 is 0 Å². The van der Waals surface area contributed by atoms with Gasteiger partial charge in [-0.15, -0.1) is 0 Å². The topological polar surface area (TPSA) is 47.6 Å². The molecule has 0 saturated heterocycles. The quantitative estimate of drug-likeness (QED) is 0.604. The van der Waals surface area contributed by atoms with Crippen LogP contribution in [0.25, 0.3) is 0 Å². The lowest BCUT2D eigenvalue weighted by Crippen LogP contribution is -2.23. The van der Waals surface area contributed by atoms with Gasteiger partial charge in [0.2, 0.25) is 0 Å². The van der Waals surface area contributed by atoms with Crippen molar-refractivity contribution in [3.63, 3.8) is 0 Å². The first-order valence-corrected chi connectivity index (χ1v) is 5.34. The van der Waals surface area contributed by atoms with Crippen LogP contribution in [-0.4, -0.2) is 19.0 Å². The van der Waals surface area contributed by atoms with Gasteiger partial charge in [0.15, 0.2) is 0 Å². The summed E-state index contributed by atoms with van der Waals surface area (Å²) >= 11 is 0. The van der Waals surface area contributed by atoms with E-state index in [-0.39, 0.29) is 5.92 Å². The van der Waals surface area contributed by atoms with Gasteiger partial charge in [0.05, 0.1) is 5.92 Å². The average molecular weight is 204 g/mol. The number of hydrogen-bond donors (Lipinski definition) is 1. The predicted octanol–water partition coefficient (Wildman–Crippen LogP) is 1.93. The minimum Gasteiger partial charge on any atom is -0.492 e. The van der Waals surface area contributed by atoms with Crippen LogP contribution in [0.2, 0.25) is 0 Å². The summed E-state index contributed by atoms with van der Waals surface area (Å²) < 4.78 is 5.55. The Morgan fingerprint density at radius 3 is 3.13 bits per heavy atom. The lowest BCUT2D eigenvalue weighted by molar-refractivity contribution is 0.349. The Hall–Kier alpha value is -1.51. The fourth-order valence-corrected chi connectivity index (χ4v) is 1.76. The number of aliphatic imine (C=N–C) groups is 1. The van der Waals surface area contributed by atoms with Gasteiger partial charge in [-0.1, -0.05) is 25.1 Å². The van der Waals surface area contributed by atoms with Crippen LogP contribution in [-0.2, 0) is 0 Å². The predicted molar refractivity (Wildman–Crippen MR) is 61.5 cm³/mol. The minimum atomic E-state index is 0.146. The average Bonchev–Trinajstić information content (AvgIpc) is 2.69. The lowest BCUT2D eigenvalue weighted by Gasteiger charge is -2.07. The van der Waals surface area contributed by atoms with E-state index in [1.807, 2.05) is 18.2 Å². The molecule has 0 aliphatic carbocycles. The second-order valence-corrected chi connectivity index (χ2v) is 3.71. The molecule has 0 aromatic heterocycles. The Bertz CT molecular complexity index is 374. The molecule has 1 heterocycles. The number of nitrogens with zero attached hydrogens (tertiary/aromatic N) is 1. The number of hydrogen-bond acceptors (Lipinski definition) is 2. The first-order valence-electron chi connectivity index (χ1n) is 5.34. The highest BCUT2D eigenvalue weighted by atomic mass is 16.5. The van der Waals surface area contributed by atoms with Crippen LogP contribution in [0, 0.1) is 0 Å². The fraction of sp³-hybridized carbons (Fsp3) is 0.417. The van der Waals surface area contributed by atoms with Crippen LogP contribution in [0.15, 0.2) is 29.3 Å². The third kappa shape index (κ3) is 1.96. The van der Waals surface area contributed by atoms with E-state index >= 15 is 0 Å². The van der Waals surface area contributed by atoms with Gasteiger partial charge in [0.1, 0.15) is 18.2 Å². The van der Waals surface area contributed by atoms with Crippen molar-refractivity contribution in [3.05, 3.63) is 29.8 Å². The molecular formula is C12H16N2O. The zero-order chi connectivity index (χ0) is 10.7. The van der Waals surface area contributed by atoms with Crippen LogP contribution < -0.4 is 10.5 Å². The van der Waals surface area contributed by atoms with Crippen molar-refractivity contribution in [1.82, 2.24) is 0 Å². The molecule has 0 fully saturated rings. The van der Waals surface area contributed by atoms with E-state index in [2.05, 4.69) is 18.0 Å². The molecule has 0 spiro atoms. The molecule has 1 unspecified atom stereocenters. The van der Waals surface area contributed by atoms with E-state index in [1.54, 1.807) is 0 Å². The molecular weight excluding hydrogens is 188 g/mol. The summed E-state index contributed by atoms with van der Waals surface area (Å²) in [5.41, 5.74) is 7.11. The number of fused-ring (bicyclic) bond motifs is 1. The van der Waals surface area contributed by atoms with Crippen LogP contribution in [0.4, 0.5) is 0 Å². The van der Waals surface area contributed by atoms with Gasteiger partial charge in [-0.05, 0) is 12.5 Å². The highest BCUT2D eigenvalue weighted by Crippen LogP contribution is 2.33. The van der Waals surface area contributed by atoms with Crippen molar-refractivity contribution >= 4 is 5.84 Å². The number of para-hydroxylation sites is 1. The van der Waals surface area contributed by atoms with E-state index in [1.165, 1.54) is 0 Å². The Morgan fingerprint density at radius 1 is 1.53 bits per heavy atom. The standard InChI is InChI=1S/C12H16N2O/c1-2-7-14-12(13)10-8-15-11-6-4-3-5-9(10)11/h3-6,10H,2,7-8H2,1H3,(H2,13,14). The first-order chi connectivity index (χ1) is 7.33. The lowest BCUT2D eigenvalue weighted by atomic mass is 10.0. The smallest absolute Gasteiger partial charge is 0.123 e. The van der Waals surface area contributed by atoms with Crippen molar-refractivity contribution in [2.75, 3.05) is 13.2 Å². The van der Waals surface area contributed by atoms with Gasteiger partial charge in [-0.3, -0.25) is 4.99 Å². The van der Waals surface area contributed by atoms with E-state index in [0.29, 0.717) is 12.4 Å². The minimum absolute atomic E-state index is 0.146. The molecule has 0 radical (unpaired) electrons. The largest absolute Gasteiger partial charge is 0.492 e. The molecule has 3 nitrogen and oxygen atoms in total. The van der Waals surface area contributed by atoms with Gasteiger partial charge in [0, 0.05) is 12.1 Å². The summed E-state index contributed by atoms with van der Waals surface area (Å²) in [7, 11) is 0. The van der Waals surface area contributed by atoms with Crippen molar-refractivity contribution in [3.8, 4) is 5.75 Å². The normalized spacial score (nSPS) is 19.8. The number of amidine groups is 1. The molecule has 1 aliphatic heterocycles. The monoisotopic (exact) mass is 204 g/mol. The van der Waals surface area contributed by atoms with Gasteiger partial charge in [-0.25, -0.2) is 0 Å². The van der Waals surface area contributed by atoms with Crippen molar-refractivity contribution in [2.24, 2.45) is 10.7 Å². The molecule has 15 heavy (non-hydrogen) atoms. The highest BCUT2D eigenvalue weighted by Gasteiger charge is 2.26. The molecule has 0 saturated carbocycles. The summed E-state index contributed by atoms with van der Waals surface area (Å²) in [4.78, 5) is 4.34. The molecule has 80 valence electrons. The van der Waals surface area contributed by atoms with Gasteiger partial charge < -0.3 is 10.5 Å². The van der Waals surface area contributed by atoms with Gasteiger partial charge >= 0.3 is 0 Å². The maximum atomic E-state index is 5.95. The fourth-order valence-electron chi connectivity index (χ4n) is 1.76. The second kappa shape index (κ2) is 4.34. The third-order valence-corrected chi connectivity index (χ3v) is 2.57. The summed E-state index contributed by atoms with van der Waals surface area (Å²) in [6, 6.07) is 8.01. The summed E-state index contributed by atoms with van der Waals surface area (Å²) in [6.07, 6.45) is 1.02. The van der Waals surface area contributed by atoms with Crippen LogP contribution in [0.1, 0.15) is 24.8 Å². The van der Waals surface area contributed by atoms with E-state index in [0.717, 1.165) is 24.3 Å². The molecule has 1 atom stereocenters. The second-order valence-electron chi connectivity index (χ2n) is 3.71. The van der Waals surface area contributed by atoms with Gasteiger partial charge in [-0.2, -0.15) is 0 Å². The van der Waals surface area contributed by atoms with Gasteiger partial charge in [0.25, 0.3) is 0 Å². The van der Waals surface area contributed by atoms with Crippen molar-refractivity contribution < 1.29 is 4.74 Å². The van der Waals surface area contributed by atoms with Crippen LogP contribution >= 0.6 is 0 Å². The SMILES string of the molecule is CCCN=C(N)C1COc2ccccc21. The molecule has 2 rings (SSSR count). The molecule has 1 aromatic carbocycles. The number of ether oxygens (including phenoxy) is 1. The molecule has 2 N–H and O–H groups in total. The maximum Gasteiger partial charge on any atom is 0.123 e. The maximum absolute atomic E-state index is 5.95. The summed E-state index contributed by atoms with van der Waals surface area (Å²) in [5, 5.41) is 0. The zero-order valence-corrected chi connectivity index (χ0v) is 8.94. The molecule has 3 heteroatoms. The molecule has 0 bridgehead atoms. The summed E-state index contributed by atoms with van der Waals surface area (Å²) in [6.45, 7) is 3.51. The zero-order valence-electron chi connectivity index (χ0n) is 8.94. The third-order valence-electron chi connectivity index (χ3n) is 2.57.